The van der Waals surface area contributed by atoms with E-state index in [2.05, 4.69) is 10.3 Å². The topological polar surface area (TPSA) is 91.7 Å². The maximum absolute atomic E-state index is 10.9. The third-order valence-electron chi connectivity index (χ3n) is 2.17. The first kappa shape index (κ1) is 13.4. The van der Waals surface area contributed by atoms with Crippen LogP contribution in [0.1, 0.15) is 16.8 Å². The molecule has 6 heteroatoms. The zero-order chi connectivity index (χ0) is 12.7. The molecule has 0 aliphatic rings. The first-order valence-electron chi connectivity index (χ1n) is 5.24. The van der Waals surface area contributed by atoms with Crippen LogP contribution in [0.5, 0.6) is 0 Å². The number of carboxylic acids is 1. The molecule has 0 saturated carbocycles. The molecule has 1 atom stereocenters. The molecule has 0 fully saturated rings. The summed E-state index contributed by atoms with van der Waals surface area (Å²) >= 11 is 0. The average molecular weight is 240 g/mol. The van der Waals surface area contributed by atoms with Gasteiger partial charge in [-0.1, -0.05) is 0 Å². The van der Waals surface area contributed by atoms with Gasteiger partial charge in [0, 0.05) is 19.9 Å². The summed E-state index contributed by atoms with van der Waals surface area (Å²) in [6.45, 7) is 0.692. The Hall–Kier alpha value is -1.66. The van der Waals surface area contributed by atoms with Crippen molar-refractivity contribution in [1.29, 1.82) is 0 Å². The highest BCUT2D eigenvalue weighted by molar-refractivity contribution is 5.92. The predicted octanol–water partition coefficient (Wildman–Crippen LogP) is 0.589. The number of hydrogen-bond acceptors (Lipinski definition) is 5. The van der Waals surface area contributed by atoms with Crippen LogP contribution in [0.15, 0.2) is 18.3 Å². The van der Waals surface area contributed by atoms with Crippen molar-refractivity contribution in [1.82, 2.24) is 4.98 Å². The number of nitrogens with one attached hydrogen (secondary N) is 1. The number of aromatic carboxylic acids is 1. The quantitative estimate of drug-likeness (QED) is 0.646. The van der Waals surface area contributed by atoms with E-state index < -0.39 is 12.1 Å². The van der Waals surface area contributed by atoms with Gasteiger partial charge in [0.25, 0.3) is 0 Å². The van der Waals surface area contributed by atoms with E-state index in [0.29, 0.717) is 18.8 Å². The lowest BCUT2D eigenvalue weighted by molar-refractivity contribution is 0.0615. The standard InChI is InChI=1S/C11H16N2O4/c1-17-7-8(14)4-6-13-10-9(11(15)16)3-2-5-12-10/h2-3,5,8,14H,4,6-7H2,1H3,(H,12,13)(H,15,16). The van der Waals surface area contributed by atoms with E-state index in [-0.39, 0.29) is 12.2 Å². The lowest BCUT2D eigenvalue weighted by Crippen LogP contribution is -2.19. The fourth-order valence-corrected chi connectivity index (χ4v) is 1.35. The molecule has 17 heavy (non-hydrogen) atoms. The number of carbonyl (C=O) groups is 1. The Morgan fingerprint density at radius 2 is 2.41 bits per heavy atom. The maximum atomic E-state index is 10.9. The van der Waals surface area contributed by atoms with Gasteiger partial charge in [-0.15, -0.1) is 0 Å². The van der Waals surface area contributed by atoms with Gasteiger partial charge in [-0.2, -0.15) is 0 Å². The summed E-state index contributed by atoms with van der Waals surface area (Å²) in [4.78, 5) is 14.8. The number of carboxylic acid groups (broad SMARTS) is 1. The monoisotopic (exact) mass is 240 g/mol. The molecule has 1 aromatic heterocycles. The fraction of sp³-hybridized carbons (Fsp3) is 0.455. The van der Waals surface area contributed by atoms with Crippen LogP contribution in [0.4, 0.5) is 5.82 Å². The SMILES string of the molecule is COCC(O)CCNc1ncccc1C(=O)O. The van der Waals surface area contributed by atoms with E-state index >= 15 is 0 Å². The molecule has 1 aromatic rings. The predicted molar refractivity (Wildman–Crippen MR) is 62.2 cm³/mol. The lowest BCUT2D eigenvalue weighted by Gasteiger charge is -2.11. The van der Waals surface area contributed by atoms with Crippen molar-refractivity contribution in [2.45, 2.75) is 12.5 Å². The smallest absolute Gasteiger partial charge is 0.339 e. The second-order valence-corrected chi connectivity index (χ2v) is 3.53. The van der Waals surface area contributed by atoms with E-state index in [1.165, 1.54) is 19.4 Å². The second-order valence-electron chi connectivity index (χ2n) is 3.53. The van der Waals surface area contributed by atoms with Crippen LogP contribution >= 0.6 is 0 Å². The molecule has 6 nitrogen and oxygen atoms in total. The summed E-state index contributed by atoms with van der Waals surface area (Å²) < 4.78 is 4.78. The van der Waals surface area contributed by atoms with Crippen molar-refractivity contribution in [3.05, 3.63) is 23.9 Å². The zero-order valence-corrected chi connectivity index (χ0v) is 9.59. The van der Waals surface area contributed by atoms with Crippen LogP contribution in [0, 0.1) is 0 Å². The molecule has 94 valence electrons. The van der Waals surface area contributed by atoms with Crippen molar-refractivity contribution in [3.63, 3.8) is 0 Å². The maximum Gasteiger partial charge on any atom is 0.339 e. The molecule has 0 spiro atoms. The Morgan fingerprint density at radius 1 is 1.65 bits per heavy atom. The number of aromatic nitrogens is 1. The normalized spacial score (nSPS) is 12.1. The van der Waals surface area contributed by atoms with Gasteiger partial charge in [-0.05, 0) is 18.6 Å². The molecule has 0 bridgehead atoms. The first-order valence-corrected chi connectivity index (χ1v) is 5.24. The number of nitrogens with zero attached hydrogens (tertiary/aromatic N) is 1. The molecule has 0 aliphatic carbocycles. The summed E-state index contributed by atoms with van der Waals surface area (Å²) in [5.74, 6) is -0.720. The number of rotatable bonds is 7. The van der Waals surface area contributed by atoms with Crippen LogP contribution in [0.3, 0.4) is 0 Å². The summed E-state index contributed by atoms with van der Waals surface area (Å²) in [7, 11) is 1.51. The van der Waals surface area contributed by atoms with Gasteiger partial charge in [-0.25, -0.2) is 9.78 Å². The number of ether oxygens (including phenoxy) is 1. The molecular formula is C11H16N2O4. The van der Waals surface area contributed by atoms with Crippen LogP contribution in [-0.2, 0) is 4.74 Å². The third-order valence-corrected chi connectivity index (χ3v) is 2.17. The number of aliphatic hydroxyl groups is 1. The molecular weight excluding hydrogens is 224 g/mol. The van der Waals surface area contributed by atoms with Gasteiger partial charge in [0.1, 0.15) is 11.4 Å². The Balaban J connectivity index is 2.49. The van der Waals surface area contributed by atoms with E-state index in [4.69, 9.17) is 9.84 Å². The molecule has 1 heterocycles. The number of hydrogen-bond donors (Lipinski definition) is 3. The minimum Gasteiger partial charge on any atom is -0.478 e. The van der Waals surface area contributed by atoms with Crippen LogP contribution in [0.25, 0.3) is 0 Å². The Morgan fingerprint density at radius 3 is 3.06 bits per heavy atom. The highest BCUT2D eigenvalue weighted by Crippen LogP contribution is 2.11. The van der Waals surface area contributed by atoms with Gasteiger partial charge >= 0.3 is 5.97 Å². The summed E-state index contributed by atoms with van der Waals surface area (Å²) in [6, 6.07) is 3.04. The Bertz CT molecular complexity index is 370. The van der Waals surface area contributed by atoms with Gasteiger partial charge in [-0.3, -0.25) is 0 Å². The number of pyridine rings is 1. The van der Waals surface area contributed by atoms with E-state index in [9.17, 15) is 9.90 Å². The highest BCUT2D eigenvalue weighted by Gasteiger charge is 2.10. The van der Waals surface area contributed by atoms with E-state index in [1.54, 1.807) is 6.07 Å². The number of anilines is 1. The summed E-state index contributed by atoms with van der Waals surface area (Å²) in [5.41, 5.74) is 0.119. The third kappa shape index (κ3) is 4.38. The van der Waals surface area contributed by atoms with Crippen LogP contribution in [-0.4, -0.2) is 47.5 Å². The molecule has 0 radical (unpaired) electrons. The molecule has 3 N–H and O–H groups in total. The zero-order valence-electron chi connectivity index (χ0n) is 9.59. The summed E-state index contributed by atoms with van der Waals surface area (Å²) in [5, 5.41) is 21.2. The number of methoxy groups -OCH3 is 1. The first-order chi connectivity index (χ1) is 8.15. The van der Waals surface area contributed by atoms with Crippen LogP contribution < -0.4 is 5.32 Å². The minimum atomic E-state index is -1.03. The van der Waals surface area contributed by atoms with Gasteiger partial charge in [0.05, 0.1) is 12.7 Å². The number of aliphatic hydroxyl groups excluding tert-OH is 1. The lowest BCUT2D eigenvalue weighted by atomic mass is 10.2. The van der Waals surface area contributed by atoms with Crippen molar-refractivity contribution < 1.29 is 19.7 Å². The van der Waals surface area contributed by atoms with Crippen LogP contribution in [0.2, 0.25) is 0 Å². The van der Waals surface area contributed by atoms with E-state index in [0.717, 1.165) is 0 Å². The molecule has 1 unspecified atom stereocenters. The van der Waals surface area contributed by atoms with Gasteiger partial charge in [0.2, 0.25) is 0 Å². The second kappa shape index (κ2) is 6.82. The van der Waals surface area contributed by atoms with Gasteiger partial charge in [0.15, 0.2) is 0 Å². The molecule has 0 amide bonds. The van der Waals surface area contributed by atoms with E-state index in [1.807, 2.05) is 0 Å². The molecule has 0 aliphatic heterocycles. The van der Waals surface area contributed by atoms with Gasteiger partial charge < -0.3 is 20.3 Å². The summed E-state index contributed by atoms with van der Waals surface area (Å²) in [6.07, 6.45) is 1.41. The van der Waals surface area contributed by atoms with Crippen molar-refractivity contribution in [2.75, 3.05) is 25.6 Å². The minimum absolute atomic E-state index is 0.119. The van der Waals surface area contributed by atoms with Crippen molar-refractivity contribution in [3.8, 4) is 0 Å². The largest absolute Gasteiger partial charge is 0.478 e. The average Bonchev–Trinajstić information content (AvgIpc) is 2.30. The fourth-order valence-electron chi connectivity index (χ4n) is 1.35. The van der Waals surface area contributed by atoms with Crippen molar-refractivity contribution in [2.24, 2.45) is 0 Å². The molecule has 0 aromatic carbocycles. The highest BCUT2D eigenvalue weighted by atomic mass is 16.5. The molecule has 0 saturated heterocycles. The Labute approximate surface area is 99.3 Å². The molecule has 1 rings (SSSR count). The Kier molecular flexibility index (Phi) is 5.38. The van der Waals surface area contributed by atoms with Crippen molar-refractivity contribution >= 4 is 11.8 Å².